The van der Waals surface area contributed by atoms with Crippen LogP contribution in [0.3, 0.4) is 0 Å². The van der Waals surface area contributed by atoms with E-state index in [0.717, 1.165) is 17.8 Å². The van der Waals surface area contributed by atoms with Crippen LogP contribution in [0.5, 0.6) is 5.88 Å². The number of aromatic nitrogens is 2. The monoisotopic (exact) mass is 289 g/mol. The van der Waals surface area contributed by atoms with Gasteiger partial charge >= 0.3 is 0 Å². The lowest BCUT2D eigenvalue weighted by molar-refractivity contribution is 0.323. The fraction of sp³-hybridized carbons (Fsp3) is 0.467. The van der Waals surface area contributed by atoms with Crippen LogP contribution in [0.25, 0.3) is 0 Å². The van der Waals surface area contributed by atoms with Crippen LogP contribution < -0.4 is 10.1 Å². The van der Waals surface area contributed by atoms with E-state index in [4.69, 9.17) is 4.74 Å². The number of nitrogens with zero attached hydrogens (tertiary/aromatic N) is 2. The van der Waals surface area contributed by atoms with Gasteiger partial charge in [0.1, 0.15) is 12.1 Å². The summed E-state index contributed by atoms with van der Waals surface area (Å²) < 4.78 is 5.53. The lowest BCUT2D eigenvalue weighted by atomic mass is 9.94. The minimum atomic E-state index is 0.355. The lowest BCUT2D eigenvalue weighted by Crippen LogP contribution is -2.17. The van der Waals surface area contributed by atoms with Crippen LogP contribution in [0.4, 0.5) is 5.82 Å². The van der Waals surface area contributed by atoms with Gasteiger partial charge in [0.15, 0.2) is 0 Å². The highest BCUT2D eigenvalue weighted by molar-refractivity contribution is 7.10. The maximum atomic E-state index is 5.53. The molecule has 2 heterocycles. The molecule has 1 aliphatic carbocycles. The molecule has 4 nitrogen and oxygen atoms in total. The molecule has 0 amide bonds. The predicted molar refractivity (Wildman–Crippen MR) is 81.6 cm³/mol. The van der Waals surface area contributed by atoms with Crippen LogP contribution in [0.2, 0.25) is 0 Å². The molecule has 2 aromatic heterocycles. The summed E-state index contributed by atoms with van der Waals surface area (Å²) in [6, 6.07) is 2.59. The third-order valence-corrected chi connectivity index (χ3v) is 4.68. The average molecular weight is 289 g/mol. The van der Waals surface area contributed by atoms with E-state index in [1.807, 2.05) is 25.2 Å². The van der Waals surface area contributed by atoms with Crippen molar-refractivity contribution < 1.29 is 4.74 Å². The van der Waals surface area contributed by atoms with Crippen molar-refractivity contribution in [2.45, 2.75) is 39.2 Å². The molecule has 0 fully saturated rings. The van der Waals surface area contributed by atoms with E-state index >= 15 is 0 Å². The largest absolute Gasteiger partial charge is 0.478 e. The first-order chi connectivity index (χ1) is 9.79. The summed E-state index contributed by atoms with van der Waals surface area (Å²) in [4.78, 5) is 10.1. The number of hydrogen-bond donors (Lipinski definition) is 1. The van der Waals surface area contributed by atoms with Gasteiger partial charge in [-0.3, -0.25) is 0 Å². The minimum Gasteiger partial charge on any atom is -0.478 e. The summed E-state index contributed by atoms with van der Waals surface area (Å²) >= 11 is 1.86. The molecule has 0 saturated carbocycles. The van der Waals surface area contributed by atoms with Gasteiger partial charge in [0.2, 0.25) is 5.88 Å². The highest BCUT2D eigenvalue weighted by Crippen LogP contribution is 2.36. The first kappa shape index (κ1) is 13.4. The summed E-state index contributed by atoms with van der Waals surface area (Å²) in [5.74, 6) is 1.55. The van der Waals surface area contributed by atoms with Crippen molar-refractivity contribution in [3.8, 4) is 5.88 Å². The Hall–Kier alpha value is -1.62. The number of fused-ring (bicyclic) bond motifs is 1. The Morgan fingerprint density at radius 3 is 3.20 bits per heavy atom. The van der Waals surface area contributed by atoms with Crippen LogP contribution in [-0.4, -0.2) is 16.6 Å². The number of hydrogen-bond acceptors (Lipinski definition) is 5. The van der Waals surface area contributed by atoms with Crippen LogP contribution in [0.1, 0.15) is 41.8 Å². The molecule has 0 radical (unpaired) electrons. The number of ether oxygens (including phenoxy) is 1. The second-order valence-electron chi connectivity index (χ2n) is 4.97. The summed E-state index contributed by atoms with van der Waals surface area (Å²) in [5.41, 5.74) is 2.41. The van der Waals surface area contributed by atoms with Crippen molar-refractivity contribution in [1.82, 2.24) is 9.97 Å². The molecule has 1 N–H and O–H groups in total. The maximum Gasteiger partial charge on any atom is 0.221 e. The molecule has 1 atom stereocenters. The smallest absolute Gasteiger partial charge is 0.221 e. The SMILES string of the molecule is CCOc1ncnc(NC2CCCc3sccc32)c1C. The number of rotatable bonds is 4. The van der Waals surface area contributed by atoms with Crippen molar-refractivity contribution in [3.05, 3.63) is 33.8 Å². The summed E-state index contributed by atoms with van der Waals surface area (Å²) in [7, 11) is 0. The van der Waals surface area contributed by atoms with Crippen molar-refractivity contribution in [2.24, 2.45) is 0 Å². The Bertz CT molecular complexity index is 597. The minimum absolute atomic E-state index is 0.355. The number of aryl methyl sites for hydroxylation is 1. The lowest BCUT2D eigenvalue weighted by Gasteiger charge is -2.25. The zero-order chi connectivity index (χ0) is 13.9. The Morgan fingerprint density at radius 2 is 2.35 bits per heavy atom. The van der Waals surface area contributed by atoms with E-state index in [2.05, 4.69) is 26.7 Å². The Balaban J connectivity index is 1.84. The van der Waals surface area contributed by atoms with Gasteiger partial charge in [0.25, 0.3) is 0 Å². The van der Waals surface area contributed by atoms with E-state index < -0.39 is 0 Å². The van der Waals surface area contributed by atoms with Gasteiger partial charge in [-0.05, 0) is 50.1 Å². The standard InChI is InChI=1S/C15H19N3OS/c1-3-19-15-10(2)14(16-9-17-15)18-12-5-4-6-13-11(12)7-8-20-13/h7-9,12H,3-6H2,1-2H3,(H,16,17,18). The van der Waals surface area contributed by atoms with Crippen LogP contribution in [0.15, 0.2) is 17.8 Å². The predicted octanol–water partition coefficient (Wildman–Crippen LogP) is 3.73. The van der Waals surface area contributed by atoms with Crippen molar-refractivity contribution in [3.63, 3.8) is 0 Å². The molecule has 1 unspecified atom stereocenters. The van der Waals surface area contributed by atoms with Gasteiger partial charge < -0.3 is 10.1 Å². The molecule has 1 aliphatic rings. The first-order valence-corrected chi connectivity index (χ1v) is 7.94. The zero-order valence-corrected chi connectivity index (χ0v) is 12.7. The quantitative estimate of drug-likeness (QED) is 0.931. The Morgan fingerprint density at radius 1 is 1.45 bits per heavy atom. The maximum absolute atomic E-state index is 5.53. The normalized spacial score (nSPS) is 17.6. The van der Waals surface area contributed by atoms with Gasteiger partial charge in [0, 0.05) is 4.88 Å². The molecule has 0 saturated heterocycles. The van der Waals surface area contributed by atoms with Crippen molar-refractivity contribution >= 4 is 17.2 Å². The number of anilines is 1. The van der Waals surface area contributed by atoms with Crippen LogP contribution >= 0.6 is 11.3 Å². The van der Waals surface area contributed by atoms with E-state index in [1.54, 1.807) is 6.33 Å². The van der Waals surface area contributed by atoms with Crippen LogP contribution in [-0.2, 0) is 6.42 Å². The molecular formula is C15H19N3OS. The third-order valence-electron chi connectivity index (χ3n) is 3.68. The van der Waals surface area contributed by atoms with Gasteiger partial charge in [-0.25, -0.2) is 9.97 Å². The van der Waals surface area contributed by atoms with Crippen molar-refractivity contribution in [2.75, 3.05) is 11.9 Å². The Kier molecular flexibility index (Phi) is 3.87. The van der Waals surface area contributed by atoms with Gasteiger partial charge in [-0.1, -0.05) is 0 Å². The van der Waals surface area contributed by atoms with Gasteiger partial charge in [-0.15, -0.1) is 11.3 Å². The molecule has 3 rings (SSSR count). The second-order valence-corrected chi connectivity index (χ2v) is 5.97. The molecule has 0 aromatic carbocycles. The summed E-state index contributed by atoms with van der Waals surface area (Å²) in [6.07, 6.45) is 5.15. The molecular weight excluding hydrogens is 270 g/mol. The van der Waals surface area contributed by atoms with E-state index in [-0.39, 0.29) is 0 Å². The second kappa shape index (κ2) is 5.79. The number of nitrogens with one attached hydrogen (secondary N) is 1. The highest BCUT2D eigenvalue weighted by atomic mass is 32.1. The van der Waals surface area contributed by atoms with Crippen molar-refractivity contribution in [1.29, 1.82) is 0 Å². The van der Waals surface area contributed by atoms with Gasteiger partial charge in [-0.2, -0.15) is 0 Å². The fourth-order valence-corrected chi connectivity index (χ4v) is 3.65. The fourth-order valence-electron chi connectivity index (χ4n) is 2.66. The average Bonchev–Trinajstić information content (AvgIpc) is 2.93. The van der Waals surface area contributed by atoms with E-state index in [0.29, 0.717) is 18.5 Å². The van der Waals surface area contributed by atoms with Gasteiger partial charge in [0.05, 0.1) is 18.2 Å². The summed E-state index contributed by atoms with van der Waals surface area (Å²) in [5, 5.41) is 5.75. The molecule has 5 heteroatoms. The molecule has 106 valence electrons. The molecule has 20 heavy (non-hydrogen) atoms. The molecule has 0 spiro atoms. The number of thiophene rings is 1. The third kappa shape index (κ3) is 2.50. The molecule has 2 aromatic rings. The van der Waals surface area contributed by atoms with Crippen LogP contribution in [0, 0.1) is 6.92 Å². The zero-order valence-electron chi connectivity index (χ0n) is 11.8. The first-order valence-electron chi connectivity index (χ1n) is 7.06. The summed E-state index contributed by atoms with van der Waals surface area (Å²) in [6.45, 7) is 4.59. The van der Waals surface area contributed by atoms with E-state index in [9.17, 15) is 0 Å². The topological polar surface area (TPSA) is 47.0 Å². The molecule has 0 bridgehead atoms. The highest BCUT2D eigenvalue weighted by Gasteiger charge is 2.22. The molecule has 0 aliphatic heterocycles. The Labute approximate surface area is 123 Å². The van der Waals surface area contributed by atoms with E-state index in [1.165, 1.54) is 23.3 Å².